The van der Waals surface area contributed by atoms with Gasteiger partial charge in [0, 0.05) is 60.6 Å². The van der Waals surface area contributed by atoms with Crippen molar-refractivity contribution in [3.05, 3.63) is 63.7 Å². The number of methoxy groups -OCH3 is 1. The van der Waals surface area contributed by atoms with Crippen LogP contribution in [0.3, 0.4) is 0 Å². The summed E-state index contributed by atoms with van der Waals surface area (Å²) in [6.45, 7) is 2.47. The summed E-state index contributed by atoms with van der Waals surface area (Å²) in [4.78, 5) is 43.5. The maximum atomic E-state index is 15.8. The third-order valence-corrected chi connectivity index (χ3v) is 10.9. The number of ketones is 1. The molecule has 11 heteroatoms. The molecule has 0 bridgehead atoms. The molecule has 1 N–H and O–H groups in total. The molecule has 245 valence electrons. The zero-order valence-corrected chi connectivity index (χ0v) is 27.6. The molecule has 3 heterocycles. The number of ether oxygens (including phenoxy) is 2. The summed E-state index contributed by atoms with van der Waals surface area (Å²) in [5.41, 5.74) is 0.768. The van der Waals surface area contributed by atoms with Gasteiger partial charge in [0.15, 0.2) is 5.78 Å². The molecule has 0 spiro atoms. The van der Waals surface area contributed by atoms with Crippen LogP contribution in [0.2, 0.25) is 5.02 Å². The molecule has 2 aromatic carbocycles. The van der Waals surface area contributed by atoms with Crippen molar-refractivity contribution in [1.29, 1.82) is 0 Å². The Kier molecular flexibility index (Phi) is 10.5. The fourth-order valence-electron chi connectivity index (χ4n) is 7.33. The Morgan fingerprint density at radius 1 is 1.09 bits per heavy atom. The van der Waals surface area contributed by atoms with Gasteiger partial charge < -0.3 is 14.8 Å². The van der Waals surface area contributed by atoms with Crippen molar-refractivity contribution in [2.75, 3.05) is 38.7 Å². The van der Waals surface area contributed by atoms with E-state index in [0.29, 0.717) is 57.5 Å². The van der Waals surface area contributed by atoms with Crippen LogP contribution in [0.5, 0.6) is 0 Å². The number of rotatable bonds is 12. The monoisotopic (exact) mass is 668 g/mol. The number of benzene rings is 2. The Morgan fingerprint density at radius 2 is 1.85 bits per heavy atom. The Morgan fingerprint density at radius 3 is 2.59 bits per heavy atom. The van der Waals surface area contributed by atoms with Gasteiger partial charge in [-0.15, -0.1) is 11.3 Å². The number of likely N-dealkylation sites (tertiary alicyclic amines) is 2. The van der Waals surface area contributed by atoms with E-state index in [0.717, 1.165) is 35.8 Å². The van der Waals surface area contributed by atoms with Gasteiger partial charge in [-0.25, -0.2) is 4.39 Å². The highest BCUT2D eigenvalue weighted by atomic mass is 35.5. The fourth-order valence-corrected chi connectivity index (χ4v) is 8.50. The van der Waals surface area contributed by atoms with Crippen LogP contribution in [0.15, 0.2) is 41.8 Å². The number of halogens is 2. The van der Waals surface area contributed by atoms with E-state index in [1.165, 1.54) is 23.5 Å². The molecule has 6 rings (SSSR count). The van der Waals surface area contributed by atoms with Crippen LogP contribution in [0.1, 0.15) is 67.3 Å². The van der Waals surface area contributed by atoms with E-state index >= 15 is 4.39 Å². The first kappa shape index (κ1) is 33.2. The zero-order valence-electron chi connectivity index (χ0n) is 26.1. The second-order valence-electron chi connectivity index (χ2n) is 12.6. The lowest BCUT2D eigenvalue weighted by Crippen LogP contribution is -2.69. The third-order valence-electron chi connectivity index (χ3n) is 9.66. The van der Waals surface area contributed by atoms with Crippen molar-refractivity contribution in [2.24, 2.45) is 5.92 Å². The van der Waals surface area contributed by atoms with Crippen LogP contribution in [0.25, 0.3) is 10.1 Å². The Bertz CT molecular complexity index is 1570. The van der Waals surface area contributed by atoms with Crippen LogP contribution >= 0.6 is 22.9 Å². The molecule has 3 aromatic rings. The number of amides is 1. The molecule has 1 radical (unpaired) electrons. The van der Waals surface area contributed by atoms with Gasteiger partial charge in [0.2, 0.25) is 12.1 Å². The van der Waals surface area contributed by atoms with Crippen molar-refractivity contribution in [3.63, 3.8) is 0 Å². The standard InChI is InChI=1S/C35H40ClFN3O5S/c1-44-21-25-7-6-16-40(25)35(39-14-4-5-15-39,45-26-12-10-23(20-41)11-13-26)33(42)18-24-17-29(36)31(19-30(24)37)38-34(43)28-22-46-32-9-3-2-8-27(28)32/h2-3,8-9,17,19,22-23,25-26H,4-7,10-16,18,21H2,1H3,(H,38,43)/t23-,25-,26-,35?/m0/s1. The molecule has 1 saturated carbocycles. The minimum absolute atomic E-state index is 0.0339. The number of hydrogen-bond acceptors (Lipinski definition) is 8. The highest BCUT2D eigenvalue weighted by molar-refractivity contribution is 7.17. The highest BCUT2D eigenvalue weighted by Crippen LogP contribution is 2.40. The lowest BCUT2D eigenvalue weighted by atomic mass is 9.88. The van der Waals surface area contributed by atoms with Crippen molar-refractivity contribution >= 4 is 56.7 Å². The average Bonchev–Trinajstić information content (AvgIpc) is 3.85. The van der Waals surface area contributed by atoms with Crippen LogP contribution in [-0.2, 0) is 25.5 Å². The first-order chi connectivity index (χ1) is 22.3. The lowest BCUT2D eigenvalue weighted by molar-refractivity contribution is -0.260. The summed E-state index contributed by atoms with van der Waals surface area (Å²) in [5, 5.41) is 5.49. The highest BCUT2D eigenvalue weighted by Gasteiger charge is 2.55. The number of anilines is 1. The topological polar surface area (TPSA) is 88.2 Å². The molecule has 2 saturated heterocycles. The van der Waals surface area contributed by atoms with E-state index in [-0.39, 0.29) is 52.4 Å². The van der Waals surface area contributed by atoms with Crippen LogP contribution < -0.4 is 5.32 Å². The van der Waals surface area contributed by atoms with E-state index in [9.17, 15) is 14.4 Å². The second kappa shape index (κ2) is 14.6. The molecular weight excluding hydrogens is 629 g/mol. The largest absolute Gasteiger partial charge is 0.383 e. The predicted octanol–water partition coefficient (Wildman–Crippen LogP) is 6.60. The normalized spacial score (nSPS) is 23.8. The number of fused-ring (bicyclic) bond motifs is 1. The molecule has 1 aromatic heterocycles. The quantitative estimate of drug-likeness (QED) is 0.233. The summed E-state index contributed by atoms with van der Waals surface area (Å²) >= 11 is 8.09. The van der Waals surface area contributed by atoms with Crippen LogP contribution in [0, 0.1) is 11.7 Å². The molecule has 46 heavy (non-hydrogen) atoms. The number of nitrogens with one attached hydrogen (secondary N) is 1. The van der Waals surface area contributed by atoms with Crippen molar-refractivity contribution in [3.8, 4) is 0 Å². The fraction of sp³-hybridized carbons (Fsp3) is 0.514. The van der Waals surface area contributed by atoms with E-state index in [1.54, 1.807) is 12.5 Å². The van der Waals surface area contributed by atoms with E-state index in [1.807, 2.05) is 24.3 Å². The smallest absolute Gasteiger partial charge is 0.257 e. The average molecular weight is 669 g/mol. The second-order valence-corrected chi connectivity index (χ2v) is 13.9. The number of nitrogens with zero attached hydrogens (tertiary/aromatic N) is 2. The van der Waals surface area contributed by atoms with Gasteiger partial charge in [0.1, 0.15) is 5.82 Å². The number of carbonyl (C=O) groups excluding carboxylic acids is 3. The van der Waals surface area contributed by atoms with Gasteiger partial charge in [-0.1, -0.05) is 29.8 Å². The molecule has 3 fully saturated rings. The summed E-state index contributed by atoms with van der Waals surface area (Å²) in [5.74, 6) is -2.78. The minimum Gasteiger partial charge on any atom is -0.383 e. The minimum atomic E-state index is -1.40. The summed E-state index contributed by atoms with van der Waals surface area (Å²) in [6, 6.07) is 10.2. The summed E-state index contributed by atoms with van der Waals surface area (Å²) in [6.07, 6.45) is 7.92. The first-order valence-electron chi connectivity index (χ1n) is 16.2. The van der Waals surface area contributed by atoms with Crippen molar-refractivity contribution in [2.45, 2.75) is 75.8 Å². The zero-order chi connectivity index (χ0) is 32.3. The number of Topliss-reactive ketones (excluding diaryl/α,β-unsaturated/α-hetero) is 1. The maximum absolute atomic E-state index is 15.8. The van der Waals surface area contributed by atoms with Gasteiger partial charge in [0.25, 0.3) is 5.91 Å². The Hall–Kier alpha value is -2.73. The molecule has 2 atom stereocenters. The number of hydrogen-bond donors (Lipinski definition) is 1. The number of thiophene rings is 1. The van der Waals surface area contributed by atoms with Crippen LogP contribution in [0.4, 0.5) is 10.1 Å². The molecule has 1 unspecified atom stereocenters. The van der Waals surface area contributed by atoms with E-state index in [2.05, 4.69) is 21.4 Å². The Balaban J connectivity index is 1.29. The van der Waals surface area contributed by atoms with Crippen molar-refractivity contribution in [1.82, 2.24) is 9.80 Å². The maximum Gasteiger partial charge on any atom is 0.257 e. The predicted molar refractivity (Wildman–Crippen MR) is 178 cm³/mol. The third kappa shape index (κ3) is 6.66. The summed E-state index contributed by atoms with van der Waals surface area (Å²) < 4.78 is 29.4. The van der Waals surface area contributed by atoms with Gasteiger partial charge in [-0.2, -0.15) is 0 Å². The van der Waals surface area contributed by atoms with Crippen molar-refractivity contribution < 1.29 is 28.2 Å². The molecule has 8 nitrogen and oxygen atoms in total. The molecule has 1 aliphatic carbocycles. The van der Waals surface area contributed by atoms with Gasteiger partial charge in [-0.3, -0.25) is 24.2 Å². The summed E-state index contributed by atoms with van der Waals surface area (Å²) in [7, 11) is 1.66. The molecule has 2 aliphatic heterocycles. The SMILES string of the molecule is COC[C@@H]1CCCN1C(O[C@H]1CC[C@H]([C]=O)CC1)(C(=O)Cc1cc(Cl)c(NC(=O)c2csc3ccccc23)cc1F)N1CCCC1. The van der Waals surface area contributed by atoms with Crippen LogP contribution in [-0.4, -0.2) is 79.1 Å². The molecule has 3 aliphatic rings. The van der Waals surface area contributed by atoms with Gasteiger partial charge in [0.05, 0.1) is 29.0 Å². The molecular formula is C35H40ClFN3O5S. The number of carbonyl (C=O) groups is 2. The van der Waals surface area contributed by atoms with Gasteiger partial charge >= 0.3 is 0 Å². The van der Waals surface area contributed by atoms with E-state index < -0.39 is 11.7 Å². The van der Waals surface area contributed by atoms with Gasteiger partial charge in [-0.05, 0) is 75.1 Å². The molecule has 1 amide bonds. The Labute approximate surface area is 278 Å². The lowest BCUT2D eigenvalue weighted by Gasteiger charge is -2.50. The first-order valence-corrected chi connectivity index (χ1v) is 17.4. The van der Waals surface area contributed by atoms with E-state index in [4.69, 9.17) is 21.1 Å².